The van der Waals surface area contributed by atoms with Crippen LogP contribution in [0.15, 0.2) is 36.4 Å². The quantitative estimate of drug-likeness (QED) is 0.481. The predicted molar refractivity (Wildman–Crippen MR) is 153 cm³/mol. The molecular formula is C31H41FN4O3. The number of halogens is 1. The van der Waals surface area contributed by atoms with Gasteiger partial charge in [-0.2, -0.15) is 0 Å². The minimum Gasteiger partial charge on any atom is -0.444 e. The van der Waals surface area contributed by atoms with Crippen LogP contribution in [-0.2, 0) is 9.53 Å². The highest BCUT2D eigenvalue weighted by atomic mass is 19.1. The van der Waals surface area contributed by atoms with E-state index in [0.717, 1.165) is 42.6 Å². The molecule has 2 aromatic carbocycles. The van der Waals surface area contributed by atoms with Gasteiger partial charge in [0.1, 0.15) is 17.5 Å². The fraction of sp³-hybridized carbons (Fsp3) is 0.548. The number of aryl methyl sites for hydroxylation is 1. The Balaban J connectivity index is 1.28. The maximum atomic E-state index is 15.1. The third-order valence-electron chi connectivity index (χ3n) is 8.24. The highest BCUT2D eigenvalue weighted by Gasteiger charge is 2.44. The van der Waals surface area contributed by atoms with Crippen molar-refractivity contribution >= 4 is 29.1 Å². The van der Waals surface area contributed by atoms with E-state index in [0.29, 0.717) is 37.4 Å². The maximum absolute atomic E-state index is 15.1. The van der Waals surface area contributed by atoms with Crippen LogP contribution in [0.1, 0.15) is 69.9 Å². The summed E-state index contributed by atoms with van der Waals surface area (Å²) in [4.78, 5) is 30.1. The number of carbonyl (C=O) groups excluding carboxylic acids is 2. The number of hydrogen-bond donors (Lipinski definition) is 2. The Labute approximate surface area is 231 Å². The minimum atomic E-state index is -0.517. The molecular weight excluding hydrogens is 495 g/mol. The first kappa shape index (κ1) is 27.3. The van der Waals surface area contributed by atoms with E-state index in [4.69, 9.17) is 4.74 Å². The van der Waals surface area contributed by atoms with Crippen LogP contribution >= 0.6 is 0 Å². The van der Waals surface area contributed by atoms with Gasteiger partial charge in [0.15, 0.2) is 0 Å². The molecule has 0 radical (unpaired) electrons. The number of amides is 2. The zero-order valence-corrected chi connectivity index (χ0v) is 23.6. The van der Waals surface area contributed by atoms with Crippen LogP contribution in [0.3, 0.4) is 0 Å². The van der Waals surface area contributed by atoms with Crippen molar-refractivity contribution in [3.8, 4) is 0 Å². The summed E-state index contributed by atoms with van der Waals surface area (Å²) in [5.41, 5.74) is 3.61. The van der Waals surface area contributed by atoms with E-state index in [-0.39, 0.29) is 29.7 Å². The molecule has 7 nitrogen and oxygen atoms in total. The van der Waals surface area contributed by atoms with Crippen molar-refractivity contribution in [1.29, 1.82) is 0 Å². The van der Waals surface area contributed by atoms with E-state index >= 15 is 4.39 Å². The largest absolute Gasteiger partial charge is 0.444 e. The Morgan fingerprint density at radius 3 is 2.44 bits per heavy atom. The average Bonchev–Trinajstić information content (AvgIpc) is 3.33. The summed E-state index contributed by atoms with van der Waals surface area (Å²) in [5.74, 6) is -0.245. The molecule has 2 N–H and O–H groups in total. The van der Waals surface area contributed by atoms with E-state index in [1.807, 2.05) is 52.0 Å². The van der Waals surface area contributed by atoms with Gasteiger partial charge in [0.05, 0.1) is 0 Å². The van der Waals surface area contributed by atoms with Gasteiger partial charge in [0, 0.05) is 54.7 Å². The molecule has 2 aromatic rings. The van der Waals surface area contributed by atoms with Crippen LogP contribution in [0.25, 0.3) is 0 Å². The van der Waals surface area contributed by atoms with Gasteiger partial charge >= 0.3 is 6.09 Å². The van der Waals surface area contributed by atoms with E-state index in [1.165, 1.54) is 12.5 Å². The van der Waals surface area contributed by atoms with Crippen molar-refractivity contribution in [1.82, 2.24) is 4.90 Å². The summed E-state index contributed by atoms with van der Waals surface area (Å²) >= 11 is 0. The molecule has 39 heavy (non-hydrogen) atoms. The SMILES string of the molecule is Cc1ccc(F)c2c1NC(C(=O)Nc1cccc(N3CCN(C(=O)OC(C)(C)C)CC3)c1)C2C1CCCCC1. The molecule has 1 saturated heterocycles. The van der Waals surface area contributed by atoms with Gasteiger partial charge in [-0.3, -0.25) is 4.79 Å². The number of benzene rings is 2. The highest BCUT2D eigenvalue weighted by Crippen LogP contribution is 2.48. The Kier molecular flexibility index (Phi) is 7.74. The van der Waals surface area contributed by atoms with Gasteiger partial charge in [-0.05, 0) is 76.3 Å². The summed E-state index contributed by atoms with van der Waals surface area (Å²) < 4.78 is 20.7. The highest BCUT2D eigenvalue weighted by molar-refractivity contribution is 5.99. The molecule has 1 saturated carbocycles. The van der Waals surface area contributed by atoms with Gasteiger partial charge in [-0.1, -0.05) is 31.4 Å². The second kappa shape index (κ2) is 11.1. The Hall–Kier alpha value is -3.29. The topological polar surface area (TPSA) is 73.9 Å². The molecule has 3 aliphatic rings. The standard InChI is InChI=1S/C31H41FN4O3/c1-20-13-14-24(32)26-25(21-9-6-5-7-10-21)28(34-27(20)26)29(37)33-22-11-8-12-23(19-22)35-15-17-36(18-16-35)30(38)39-31(2,3)4/h8,11-14,19,21,25,28,34H,5-7,9-10,15-18H2,1-4H3,(H,33,37). The van der Waals surface area contributed by atoms with Gasteiger partial charge in [-0.15, -0.1) is 0 Å². The first-order valence-corrected chi connectivity index (χ1v) is 14.3. The Bertz CT molecular complexity index is 1210. The van der Waals surface area contributed by atoms with Crippen molar-refractivity contribution in [2.24, 2.45) is 5.92 Å². The van der Waals surface area contributed by atoms with Crippen molar-refractivity contribution in [2.45, 2.75) is 77.4 Å². The van der Waals surface area contributed by atoms with E-state index < -0.39 is 11.6 Å². The van der Waals surface area contributed by atoms with Crippen LogP contribution in [0.2, 0.25) is 0 Å². The molecule has 0 aromatic heterocycles. The average molecular weight is 537 g/mol. The molecule has 2 heterocycles. The van der Waals surface area contributed by atoms with Crippen molar-refractivity contribution < 1.29 is 18.7 Å². The fourth-order valence-electron chi connectivity index (χ4n) is 6.34. The van der Waals surface area contributed by atoms with Crippen LogP contribution < -0.4 is 15.5 Å². The summed E-state index contributed by atoms with van der Waals surface area (Å²) in [6.45, 7) is 10.1. The molecule has 2 atom stereocenters. The number of carbonyl (C=O) groups is 2. The lowest BCUT2D eigenvalue weighted by Gasteiger charge is -2.37. The number of ether oxygens (including phenoxy) is 1. The summed E-state index contributed by atoms with van der Waals surface area (Å²) in [6, 6.07) is 10.6. The Morgan fingerprint density at radius 2 is 1.74 bits per heavy atom. The zero-order chi connectivity index (χ0) is 27.7. The molecule has 2 amide bonds. The van der Waals surface area contributed by atoms with Crippen LogP contribution in [0.5, 0.6) is 0 Å². The third kappa shape index (κ3) is 5.99. The molecule has 2 aliphatic heterocycles. The number of rotatable bonds is 4. The second-order valence-electron chi connectivity index (χ2n) is 12.2. The van der Waals surface area contributed by atoms with Gasteiger partial charge in [-0.25, -0.2) is 9.18 Å². The molecule has 8 heteroatoms. The lowest BCUT2D eigenvalue weighted by Crippen LogP contribution is -2.50. The first-order chi connectivity index (χ1) is 18.6. The number of nitrogens with one attached hydrogen (secondary N) is 2. The van der Waals surface area contributed by atoms with Gasteiger partial charge in [0.25, 0.3) is 0 Å². The minimum absolute atomic E-state index is 0.132. The van der Waals surface area contributed by atoms with E-state index in [2.05, 4.69) is 15.5 Å². The summed E-state index contributed by atoms with van der Waals surface area (Å²) in [7, 11) is 0. The molecule has 2 fully saturated rings. The maximum Gasteiger partial charge on any atom is 0.410 e. The van der Waals surface area contributed by atoms with Crippen LogP contribution in [-0.4, -0.2) is 54.7 Å². The van der Waals surface area contributed by atoms with Crippen LogP contribution in [0.4, 0.5) is 26.2 Å². The first-order valence-electron chi connectivity index (χ1n) is 14.3. The van der Waals surface area contributed by atoms with Crippen molar-refractivity contribution in [3.63, 3.8) is 0 Å². The summed E-state index contributed by atoms with van der Waals surface area (Å²) in [5, 5.41) is 6.53. The lowest BCUT2D eigenvalue weighted by molar-refractivity contribution is -0.117. The molecule has 0 bridgehead atoms. The third-order valence-corrected chi connectivity index (χ3v) is 8.24. The predicted octanol–water partition coefficient (Wildman–Crippen LogP) is 6.29. The normalized spacial score (nSPS) is 21.8. The molecule has 210 valence electrons. The smallest absolute Gasteiger partial charge is 0.410 e. The van der Waals surface area contributed by atoms with E-state index in [9.17, 15) is 9.59 Å². The Morgan fingerprint density at radius 1 is 1.03 bits per heavy atom. The fourth-order valence-corrected chi connectivity index (χ4v) is 6.34. The second-order valence-corrected chi connectivity index (χ2v) is 12.2. The monoisotopic (exact) mass is 536 g/mol. The number of nitrogens with zero attached hydrogens (tertiary/aromatic N) is 2. The number of fused-ring (bicyclic) bond motifs is 1. The van der Waals surface area contributed by atoms with E-state index in [1.54, 1.807) is 11.0 Å². The molecule has 2 unspecified atom stereocenters. The number of piperazine rings is 1. The number of anilines is 3. The summed E-state index contributed by atoms with van der Waals surface area (Å²) in [6.07, 6.45) is 5.22. The molecule has 0 spiro atoms. The van der Waals surface area contributed by atoms with Crippen molar-refractivity contribution in [3.05, 3.63) is 53.3 Å². The van der Waals surface area contributed by atoms with Gasteiger partial charge in [0.2, 0.25) is 5.91 Å². The molecule has 1 aliphatic carbocycles. The lowest BCUT2D eigenvalue weighted by atomic mass is 9.74. The van der Waals surface area contributed by atoms with Gasteiger partial charge < -0.3 is 25.2 Å². The molecule has 5 rings (SSSR count). The van der Waals surface area contributed by atoms with Crippen molar-refractivity contribution in [2.75, 3.05) is 41.7 Å². The van der Waals surface area contributed by atoms with Crippen LogP contribution in [0, 0.1) is 18.7 Å². The zero-order valence-electron chi connectivity index (χ0n) is 23.6. The number of hydrogen-bond acceptors (Lipinski definition) is 5.